The van der Waals surface area contributed by atoms with E-state index in [0.717, 1.165) is 45.6 Å². The van der Waals surface area contributed by atoms with Crippen LogP contribution >= 0.6 is 0 Å². The Kier molecular flexibility index (Phi) is 6.40. The Hall–Kier alpha value is -0.650. The van der Waals surface area contributed by atoms with E-state index in [1.54, 1.807) is 0 Å². The zero-order valence-electron chi connectivity index (χ0n) is 17.1. The van der Waals surface area contributed by atoms with Gasteiger partial charge in [0.2, 0.25) is 5.91 Å². The standard InChI is InChI=1S/C22H40N4O/c23-19-15-24-17-22(11-7-5-3-1-2-4-6-8-12-22)21(19)25-13-14-26-18(16-25)9-10-20(26)27/h18-19,21,24H,1-17,23H2/t18-,19?,21?/m1/s1. The minimum absolute atomic E-state index is 0.215. The molecular formula is C22H40N4O. The molecule has 154 valence electrons. The Balaban J connectivity index is 1.52. The first kappa shape index (κ1) is 19.7. The monoisotopic (exact) mass is 376 g/mol. The quantitative estimate of drug-likeness (QED) is 0.738. The van der Waals surface area contributed by atoms with E-state index in [-0.39, 0.29) is 6.04 Å². The van der Waals surface area contributed by atoms with Gasteiger partial charge in [-0.25, -0.2) is 0 Å². The summed E-state index contributed by atoms with van der Waals surface area (Å²) in [5.74, 6) is 0.374. The van der Waals surface area contributed by atoms with Gasteiger partial charge in [0.05, 0.1) is 0 Å². The number of hydrogen-bond acceptors (Lipinski definition) is 4. The van der Waals surface area contributed by atoms with Gasteiger partial charge in [0.1, 0.15) is 0 Å². The maximum absolute atomic E-state index is 12.1. The second kappa shape index (κ2) is 8.79. The molecule has 1 saturated carbocycles. The molecule has 4 aliphatic rings. The number of amides is 1. The SMILES string of the molecule is NC1CNCC2(CCCCCCCCCC2)C1N1CCN2C(=O)CC[C@@H]2C1. The van der Waals surface area contributed by atoms with Crippen LogP contribution in [0.5, 0.6) is 0 Å². The number of nitrogens with zero attached hydrogens (tertiary/aromatic N) is 2. The topological polar surface area (TPSA) is 61.6 Å². The first-order valence-electron chi connectivity index (χ1n) is 11.7. The molecule has 3 N–H and O–H groups in total. The second-order valence-electron chi connectivity index (χ2n) is 9.70. The zero-order chi connectivity index (χ0) is 18.7. The molecule has 5 heteroatoms. The molecule has 2 unspecified atom stereocenters. The molecule has 3 aliphatic heterocycles. The summed E-state index contributed by atoms with van der Waals surface area (Å²) in [6.07, 6.45) is 15.6. The van der Waals surface area contributed by atoms with Crippen LogP contribution < -0.4 is 11.1 Å². The molecule has 1 aliphatic carbocycles. The van der Waals surface area contributed by atoms with Gasteiger partial charge in [-0.1, -0.05) is 51.4 Å². The number of rotatable bonds is 1. The van der Waals surface area contributed by atoms with Crippen LogP contribution in [0, 0.1) is 5.41 Å². The third-order valence-corrected chi connectivity index (χ3v) is 7.91. The molecule has 0 bridgehead atoms. The minimum Gasteiger partial charge on any atom is -0.337 e. The van der Waals surface area contributed by atoms with E-state index in [1.165, 1.54) is 64.2 Å². The van der Waals surface area contributed by atoms with Crippen LogP contribution in [0.3, 0.4) is 0 Å². The minimum atomic E-state index is 0.215. The molecule has 1 amide bonds. The predicted octanol–water partition coefficient (Wildman–Crippen LogP) is 2.49. The Morgan fingerprint density at radius 2 is 1.63 bits per heavy atom. The van der Waals surface area contributed by atoms with E-state index in [9.17, 15) is 4.79 Å². The Morgan fingerprint density at radius 1 is 0.963 bits per heavy atom. The number of carbonyl (C=O) groups excluding carboxylic acids is 1. The van der Waals surface area contributed by atoms with Gasteiger partial charge in [-0.3, -0.25) is 9.69 Å². The number of fused-ring (bicyclic) bond motifs is 1. The first-order valence-corrected chi connectivity index (χ1v) is 11.7. The van der Waals surface area contributed by atoms with Gasteiger partial charge in [-0.15, -0.1) is 0 Å². The highest BCUT2D eigenvalue weighted by Gasteiger charge is 2.49. The molecule has 27 heavy (non-hydrogen) atoms. The van der Waals surface area contributed by atoms with Gasteiger partial charge in [0.15, 0.2) is 0 Å². The molecule has 4 fully saturated rings. The van der Waals surface area contributed by atoms with Crippen molar-refractivity contribution < 1.29 is 4.79 Å². The lowest BCUT2D eigenvalue weighted by atomic mass is 9.67. The molecule has 3 heterocycles. The Bertz CT molecular complexity index is 499. The summed E-state index contributed by atoms with van der Waals surface area (Å²) >= 11 is 0. The molecule has 5 nitrogen and oxygen atoms in total. The van der Waals surface area contributed by atoms with Crippen molar-refractivity contribution in [3.63, 3.8) is 0 Å². The van der Waals surface area contributed by atoms with Crippen molar-refractivity contribution in [3.05, 3.63) is 0 Å². The summed E-state index contributed by atoms with van der Waals surface area (Å²) in [6, 6.07) is 1.14. The maximum Gasteiger partial charge on any atom is 0.222 e. The third-order valence-electron chi connectivity index (χ3n) is 7.91. The summed E-state index contributed by atoms with van der Waals surface area (Å²) < 4.78 is 0. The van der Waals surface area contributed by atoms with Gasteiger partial charge < -0.3 is 16.0 Å². The molecule has 0 aromatic rings. The summed E-state index contributed by atoms with van der Waals surface area (Å²) in [5.41, 5.74) is 7.11. The fraction of sp³-hybridized carbons (Fsp3) is 0.955. The molecule has 3 atom stereocenters. The van der Waals surface area contributed by atoms with Crippen molar-refractivity contribution in [1.29, 1.82) is 0 Å². The smallest absolute Gasteiger partial charge is 0.222 e. The molecular weight excluding hydrogens is 336 g/mol. The highest BCUT2D eigenvalue weighted by molar-refractivity contribution is 5.78. The highest BCUT2D eigenvalue weighted by Crippen LogP contribution is 2.42. The van der Waals surface area contributed by atoms with Crippen LogP contribution in [0.1, 0.15) is 77.0 Å². The number of nitrogens with two attached hydrogens (primary N) is 1. The van der Waals surface area contributed by atoms with Gasteiger partial charge in [-0.2, -0.15) is 0 Å². The lowest BCUT2D eigenvalue weighted by molar-refractivity contribution is -0.132. The summed E-state index contributed by atoms with van der Waals surface area (Å²) in [7, 11) is 0. The van der Waals surface area contributed by atoms with Crippen molar-refractivity contribution in [2.45, 2.75) is 95.2 Å². The second-order valence-corrected chi connectivity index (χ2v) is 9.70. The van der Waals surface area contributed by atoms with Crippen LogP contribution in [0.25, 0.3) is 0 Å². The Labute approximate surface area is 165 Å². The average Bonchev–Trinajstić information content (AvgIpc) is 3.01. The van der Waals surface area contributed by atoms with Gasteiger partial charge >= 0.3 is 0 Å². The normalized spacial score (nSPS) is 36.4. The van der Waals surface area contributed by atoms with Gasteiger partial charge in [-0.05, 0) is 24.7 Å². The fourth-order valence-corrected chi connectivity index (χ4v) is 6.57. The van der Waals surface area contributed by atoms with Gasteiger partial charge in [0, 0.05) is 57.3 Å². The van der Waals surface area contributed by atoms with Gasteiger partial charge in [0.25, 0.3) is 0 Å². The van der Waals surface area contributed by atoms with E-state index in [0.29, 0.717) is 23.4 Å². The van der Waals surface area contributed by atoms with E-state index in [1.807, 2.05) is 0 Å². The van der Waals surface area contributed by atoms with Crippen LogP contribution in [0.2, 0.25) is 0 Å². The Morgan fingerprint density at radius 3 is 2.33 bits per heavy atom. The van der Waals surface area contributed by atoms with Crippen LogP contribution in [0.4, 0.5) is 0 Å². The van der Waals surface area contributed by atoms with Crippen molar-refractivity contribution in [3.8, 4) is 0 Å². The predicted molar refractivity (Wildman–Crippen MR) is 110 cm³/mol. The third kappa shape index (κ3) is 4.20. The van der Waals surface area contributed by atoms with E-state index in [2.05, 4.69) is 15.1 Å². The highest BCUT2D eigenvalue weighted by atomic mass is 16.2. The number of carbonyl (C=O) groups is 1. The first-order chi connectivity index (χ1) is 13.2. The van der Waals surface area contributed by atoms with Crippen molar-refractivity contribution in [2.24, 2.45) is 11.1 Å². The number of nitrogens with one attached hydrogen (secondary N) is 1. The van der Waals surface area contributed by atoms with Crippen LogP contribution in [-0.4, -0.2) is 66.6 Å². The van der Waals surface area contributed by atoms with Crippen LogP contribution in [0.15, 0.2) is 0 Å². The van der Waals surface area contributed by atoms with Crippen molar-refractivity contribution in [1.82, 2.24) is 15.1 Å². The number of piperidine rings is 1. The van der Waals surface area contributed by atoms with E-state index < -0.39 is 0 Å². The fourth-order valence-electron chi connectivity index (χ4n) is 6.57. The average molecular weight is 377 g/mol. The van der Waals surface area contributed by atoms with Crippen LogP contribution in [-0.2, 0) is 4.79 Å². The number of hydrogen-bond donors (Lipinski definition) is 2. The largest absolute Gasteiger partial charge is 0.337 e. The summed E-state index contributed by atoms with van der Waals surface area (Å²) in [4.78, 5) is 17.0. The van der Waals surface area contributed by atoms with E-state index in [4.69, 9.17) is 5.73 Å². The van der Waals surface area contributed by atoms with E-state index >= 15 is 0 Å². The lowest BCUT2D eigenvalue weighted by Crippen LogP contribution is -2.69. The molecule has 1 spiro atoms. The molecule has 0 radical (unpaired) electrons. The summed E-state index contributed by atoms with van der Waals surface area (Å²) in [5, 5.41) is 3.70. The molecule has 3 saturated heterocycles. The molecule has 4 rings (SSSR count). The molecule has 0 aromatic carbocycles. The maximum atomic E-state index is 12.1. The van der Waals surface area contributed by atoms with Crippen molar-refractivity contribution >= 4 is 5.91 Å². The molecule has 0 aromatic heterocycles. The number of piperazine rings is 1. The van der Waals surface area contributed by atoms with Crippen molar-refractivity contribution in [2.75, 3.05) is 32.7 Å². The zero-order valence-corrected chi connectivity index (χ0v) is 17.1. The lowest BCUT2D eigenvalue weighted by Gasteiger charge is -2.55. The summed E-state index contributed by atoms with van der Waals surface area (Å²) in [6.45, 7) is 5.05.